The Morgan fingerprint density at radius 2 is 1.93 bits per heavy atom. The van der Waals surface area contributed by atoms with Crippen LogP contribution >= 0.6 is 11.8 Å². The highest BCUT2D eigenvalue weighted by Crippen LogP contribution is 2.48. The maximum absolute atomic E-state index is 2.60. The molecule has 0 N–H and O–H groups in total. The van der Waals surface area contributed by atoms with Crippen LogP contribution in [-0.2, 0) is 0 Å². The second-order valence-electron chi connectivity index (χ2n) is 5.21. The Kier molecular flexibility index (Phi) is 4.00. The fraction of sp³-hybridized carbons (Fsp3) is 1.00. The molecule has 2 rings (SSSR count). The van der Waals surface area contributed by atoms with Crippen molar-refractivity contribution in [3.8, 4) is 0 Å². The van der Waals surface area contributed by atoms with E-state index in [4.69, 9.17) is 0 Å². The van der Waals surface area contributed by atoms with E-state index in [0.717, 1.165) is 22.3 Å². The summed E-state index contributed by atoms with van der Waals surface area (Å²) in [5.74, 6) is 2.01. The molecule has 0 aromatic heterocycles. The molecule has 0 radical (unpaired) electrons. The van der Waals surface area contributed by atoms with Crippen LogP contribution in [0.1, 0.15) is 40.0 Å². The van der Waals surface area contributed by atoms with Crippen LogP contribution in [0, 0.1) is 11.8 Å². The first-order chi connectivity index (χ1) is 7.24. The smallest absolute Gasteiger partial charge is 0.0206 e. The Morgan fingerprint density at radius 3 is 2.60 bits per heavy atom. The van der Waals surface area contributed by atoms with Crippen molar-refractivity contribution in [3.63, 3.8) is 0 Å². The average Bonchev–Trinajstić information content (AvgIpc) is 2.66. The maximum Gasteiger partial charge on any atom is 0.0206 e. The van der Waals surface area contributed by atoms with Gasteiger partial charge in [-0.1, -0.05) is 20.8 Å². The number of hydrogen-bond acceptors (Lipinski definition) is 2. The number of thioether (sulfide) groups is 1. The van der Waals surface area contributed by atoms with Crippen molar-refractivity contribution in [1.82, 2.24) is 4.90 Å². The van der Waals surface area contributed by atoms with Crippen LogP contribution in [0.3, 0.4) is 0 Å². The predicted octanol–water partition coefficient (Wildman–Crippen LogP) is 3.25. The van der Waals surface area contributed by atoms with Gasteiger partial charge in [0, 0.05) is 17.0 Å². The third kappa shape index (κ3) is 2.52. The second kappa shape index (κ2) is 5.09. The second-order valence-corrected chi connectivity index (χ2v) is 6.76. The van der Waals surface area contributed by atoms with Crippen molar-refractivity contribution in [2.45, 2.75) is 50.5 Å². The quantitative estimate of drug-likeness (QED) is 0.725. The van der Waals surface area contributed by atoms with E-state index in [0.29, 0.717) is 0 Å². The molecule has 1 saturated heterocycles. The molecule has 2 aliphatic rings. The Bertz CT molecular complexity index is 203. The highest BCUT2D eigenvalue weighted by molar-refractivity contribution is 8.00. The Hall–Kier alpha value is 0.310. The van der Waals surface area contributed by atoms with Crippen molar-refractivity contribution >= 4 is 11.8 Å². The molecular weight excluding hydrogens is 202 g/mol. The summed E-state index contributed by atoms with van der Waals surface area (Å²) in [6, 6.07) is 0. The Balaban J connectivity index is 1.91. The van der Waals surface area contributed by atoms with Crippen LogP contribution in [0.2, 0.25) is 0 Å². The summed E-state index contributed by atoms with van der Waals surface area (Å²) in [6.07, 6.45) is 4.52. The maximum atomic E-state index is 2.60. The van der Waals surface area contributed by atoms with Crippen molar-refractivity contribution in [3.05, 3.63) is 0 Å². The van der Waals surface area contributed by atoms with Gasteiger partial charge >= 0.3 is 0 Å². The van der Waals surface area contributed by atoms with E-state index in [1.165, 1.54) is 38.9 Å². The van der Waals surface area contributed by atoms with Gasteiger partial charge < -0.3 is 4.90 Å². The normalized spacial score (nSPS) is 40.0. The summed E-state index contributed by atoms with van der Waals surface area (Å²) >= 11 is 2.30. The van der Waals surface area contributed by atoms with Gasteiger partial charge in [0.2, 0.25) is 0 Å². The Morgan fingerprint density at radius 1 is 1.20 bits per heavy atom. The Labute approximate surface area is 99.0 Å². The molecule has 2 heteroatoms. The number of nitrogens with zero attached hydrogens (tertiary/aromatic N) is 1. The number of hydrogen-bond donors (Lipinski definition) is 0. The first-order valence-corrected chi connectivity index (χ1v) is 7.56. The third-order valence-corrected chi connectivity index (χ3v) is 6.20. The van der Waals surface area contributed by atoms with Gasteiger partial charge in [-0.15, -0.1) is 0 Å². The van der Waals surface area contributed by atoms with Gasteiger partial charge in [0.15, 0.2) is 0 Å². The molecule has 2 bridgehead atoms. The van der Waals surface area contributed by atoms with Crippen molar-refractivity contribution < 1.29 is 0 Å². The summed E-state index contributed by atoms with van der Waals surface area (Å²) < 4.78 is 0. The highest BCUT2D eigenvalue weighted by atomic mass is 32.2. The zero-order valence-electron chi connectivity index (χ0n) is 10.4. The molecule has 88 valence electrons. The monoisotopic (exact) mass is 227 g/mol. The third-order valence-electron chi connectivity index (χ3n) is 4.45. The molecule has 1 nitrogen and oxygen atoms in total. The van der Waals surface area contributed by atoms with E-state index in [1.54, 1.807) is 0 Å². The van der Waals surface area contributed by atoms with Crippen LogP contribution in [0.5, 0.6) is 0 Å². The van der Waals surface area contributed by atoms with Gasteiger partial charge in [0.25, 0.3) is 0 Å². The summed E-state index contributed by atoms with van der Waals surface area (Å²) in [6.45, 7) is 10.8. The number of rotatable bonds is 4. The van der Waals surface area contributed by atoms with Gasteiger partial charge in [-0.3, -0.25) is 0 Å². The van der Waals surface area contributed by atoms with Crippen LogP contribution in [0.4, 0.5) is 0 Å². The molecule has 1 saturated carbocycles. The topological polar surface area (TPSA) is 3.24 Å². The number of fused-ring (bicyclic) bond motifs is 2. The minimum atomic E-state index is 0.913. The lowest BCUT2D eigenvalue weighted by molar-refractivity contribution is 0.253. The van der Waals surface area contributed by atoms with Gasteiger partial charge in [0.1, 0.15) is 0 Å². The minimum Gasteiger partial charge on any atom is -0.303 e. The summed E-state index contributed by atoms with van der Waals surface area (Å²) in [5.41, 5.74) is 0. The molecule has 1 heterocycles. The molecule has 0 spiro atoms. The standard InChI is InChI=1S/C13H25NS/c1-4-14(5-2)9-13-10(3)11-6-7-12(8-11)15-13/h10-13H,4-9H2,1-3H3/t10?,11?,12?,13-/m1/s1. The van der Waals surface area contributed by atoms with Gasteiger partial charge in [-0.2, -0.15) is 11.8 Å². The molecule has 0 aromatic rings. The predicted molar refractivity (Wildman–Crippen MR) is 69.5 cm³/mol. The molecular formula is C13H25NS. The van der Waals surface area contributed by atoms with Crippen LogP contribution in [0.15, 0.2) is 0 Å². The molecule has 2 fully saturated rings. The van der Waals surface area contributed by atoms with E-state index >= 15 is 0 Å². The van der Waals surface area contributed by atoms with Crippen LogP contribution < -0.4 is 0 Å². The van der Waals surface area contributed by atoms with Crippen molar-refractivity contribution in [2.24, 2.45) is 11.8 Å². The van der Waals surface area contributed by atoms with Crippen LogP contribution in [0.25, 0.3) is 0 Å². The highest BCUT2D eigenvalue weighted by Gasteiger charge is 2.40. The zero-order chi connectivity index (χ0) is 10.8. The summed E-state index contributed by atoms with van der Waals surface area (Å²) in [5, 5.41) is 1.92. The van der Waals surface area contributed by atoms with Gasteiger partial charge in [-0.05, 0) is 44.2 Å². The van der Waals surface area contributed by atoms with Gasteiger partial charge in [0.05, 0.1) is 0 Å². The summed E-state index contributed by atoms with van der Waals surface area (Å²) in [4.78, 5) is 2.60. The SMILES string of the molecule is CCN(CC)C[C@H]1SC2CCC(C2)C1C. The zero-order valence-corrected chi connectivity index (χ0v) is 11.2. The van der Waals surface area contributed by atoms with E-state index < -0.39 is 0 Å². The van der Waals surface area contributed by atoms with Crippen LogP contribution in [-0.4, -0.2) is 35.0 Å². The average molecular weight is 227 g/mol. The van der Waals surface area contributed by atoms with E-state index in [2.05, 4.69) is 37.4 Å². The van der Waals surface area contributed by atoms with E-state index in [9.17, 15) is 0 Å². The molecule has 0 amide bonds. The van der Waals surface area contributed by atoms with E-state index in [1.807, 2.05) is 0 Å². The van der Waals surface area contributed by atoms with Gasteiger partial charge in [-0.25, -0.2) is 0 Å². The first-order valence-electron chi connectivity index (χ1n) is 6.62. The lowest BCUT2D eigenvalue weighted by Gasteiger charge is -2.36. The molecule has 3 unspecified atom stereocenters. The molecule has 1 aliphatic carbocycles. The minimum absolute atomic E-state index is 0.913. The lowest BCUT2D eigenvalue weighted by Crippen LogP contribution is -2.38. The fourth-order valence-corrected chi connectivity index (χ4v) is 5.09. The largest absolute Gasteiger partial charge is 0.303 e. The van der Waals surface area contributed by atoms with Crippen molar-refractivity contribution in [1.29, 1.82) is 0 Å². The first kappa shape index (κ1) is 11.8. The fourth-order valence-electron chi connectivity index (χ4n) is 3.19. The molecule has 0 aromatic carbocycles. The molecule has 4 atom stereocenters. The lowest BCUT2D eigenvalue weighted by atomic mass is 9.89. The molecule has 1 aliphatic heterocycles. The molecule has 15 heavy (non-hydrogen) atoms. The summed E-state index contributed by atoms with van der Waals surface area (Å²) in [7, 11) is 0. The van der Waals surface area contributed by atoms with E-state index in [-0.39, 0.29) is 0 Å². The van der Waals surface area contributed by atoms with Crippen molar-refractivity contribution in [2.75, 3.05) is 19.6 Å².